The Kier molecular flexibility index (Phi) is 1.85. The Morgan fingerprint density at radius 3 is 2.58 bits per heavy atom. The minimum absolute atomic E-state index is 0.0162. The van der Waals surface area contributed by atoms with Crippen molar-refractivity contribution in [2.75, 3.05) is 7.11 Å². The van der Waals surface area contributed by atoms with E-state index in [1.807, 2.05) is 0 Å². The Labute approximate surface area is 73.3 Å². The summed E-state index contributed by atoms with van der Waals surface area (Å²) in [7, 11) is 1.49. The average molecular weight is 168 g/mol. The van der Waals surface area contributed by atoms with Gasteiger partial charge in [-0.25, -0.2) is 0 Å². The third-order valence-electron chi connectivity index (χ3n) is 3.63. The Hall–Kier alpha value is -0.530. The van der Waals surface area contributed by atoms with Gasteiger partial charge in [-0.2, -0.15) is 0 Å². The summed E-state index contributed by atoms with van der Waals surface area (Å²) in [6.45, 7) is 0. The molecule has 0 radical (unpaired) electrons. The maximum atomic E-state index is 11.1. The summed E-state index contributed by atoms with van der Waals surface area (Å²) in [5, 5.41) is 0. The number of ether oxygens (including phenoxy) is 1. The van der Waals surface area contributed by atoms with E-state index in [0.717, 1.165) is 5.92 Å². The molecule has 0 aromatic heterocycles. The topological polar surface area (TPSA) is 26.3 Å². The molecule has 0 atom stereocenters. The van der Waals surface area contributed by atoms with E-state index in [9.17, 15) is 4.79 Å². The normalized spacial score (nSPS) is 38.6. The maximum Gasteiger partial charge on any atom is 0.306 e. The van der Waals surface area contributed by atoms with E-state index in [1.165, 1.54) is 39.2 Å². The molecular weight excluding hydrogens is 152 g/mol. The van der Waals surface area contributed by atoms with Crippen LogP contribution in [-0.4, -0.2) is 13.1 Å². The number of carbonyl (C=O) groups is 1. The highest BCUT2D eigenvalue weighted by atomic mass is 16.5. The number of fused-ring (bicyclic) bond motifs is 2. The monoisotopic (exact) mass is 168 g/mol. The number of hydrogen-bond acceptors (Lipinski definition) is 2. The SMILES string of the molecule is COC(=O)CC12CCC(CC1)C2. The van der Waals surface area contributed by atoms with Gasteiger partial charge in [-0.3, -0.25) is 4.79 Å². The van der Waals surface area contributed by atoms with Crippen molar-refractivity contribution in [3.05, 3.63) is 0 Å². The van der Waals surface area contributed by atoms with Crippen molar-refractivity contribution >= 4 is 5.97 Å². The van der Waals surface area contributed by atoms with Gasteiger partial charge in [-0.1, -0.05) is 0 Å². The van der Waals surface area contributed by atoms with Crippen LogP contribution in [0.3, 0.4) is 0 Å². The summed E-state index contributed by atoms with van der Waals surface area (Å²) in [6.07, 6.45) is 7.15. The van der Waals surface area contributed by atoms with Gasteiger partial charge in [0.25, 0.3) is 0 Å². The first-order valence-electron chi connectivity index (χ1n) is 4.81. The molecule has 2 bridgehead atoms. The lowest BCUT2D eigenvalue weighted by molar-refractivity contribution is -0.143. The molecule has 0 saturated heterocycles. The van der Waals surface area contributed by atoms with Crippen molar-refractivity contribution in [3.63, 3.8) is 0 Å². The Morgan fingerprint density at radius 1 is 1.50 bits per heavy atom. The first-order chi connectivity index (χ1) is 5.74. The standard InChI is InChI=1S/C10H16O2/c1-12-9(11)7-10-4-2-8(6-10)3-5-10/h8H,2-7H2,1H3. The molecule has 0 unspecified atom stereocenters. The third-order valence-corrected chi connectivity index (χ3v) is 3.63. The van der Waals surface area contributed by atoms with Crippen LogP contribution in [-0.2, 0) is 9.53 Å². The molecule has 0 spiro atoms. The number of methoxy groups -OCH3 is 1. The quantitative estimate of drug-likeness (QED) is 0.590. The van der Waals surface area contributed by atoms with Crippen molar-refractivity contribution < 1.29 is 9.53 Å². The summed E-state index contributed by atoms with van der Waals surface area (Å²) >= 11 is 0. The number of esters is 1. The van der Waals surface area contributed by atoms with Crippen molar-refractivity contribution in [1.82, 2.24) is 0 Å². The largest absolute Gasteiger partial charge is 0.469 e. The second kappa shape index (κ2) is 2.75. The molecule has 2 rings (SSSR count). The van der Waals surface area contributed by atoms with Crippen LogP contribution >= 0.6 is 0 Å². The third kappa shape index (κ3) is 1.23. The predicted molar refractivity (Wildman–Crippen MR) is 45.6 cm³/mol. The highest BCUT2D eigenvalue weighted by Gasteiger charge is 2.45. The molecular formula is C10H16O2. The minimum atomic E-state index is -0.0162. The number of rotatable bonds is 2. The average Bonchev–Trinajstić information content (AvgIpc) is 2.63. The lowest BCUT2D eigenvalue weighted by Crippen LogP contribution is -2.19. The summed E-state index contributed by atoms with van der Waals surface area (Å²) in [6, 6.07) is 0. The van der Waals surface area contributed by atoms with Crippen molar-refractivity contribution in [2.24, 2.45) is 11.3 Å². The molecule has 2 saturated carbocycles. The van der Waals surface area contributed by atoms with Gasteiger partial charge in [0, 0.05) is 0 Å². The molecule has 0 aromatic carbocycles. The second-order valence-electron chi connectivity index (χ2n) is 4.40. The molecule has 0 aliphatic heterocycles. The molecule has 0 heterocycles. The number of carbonyl (C=O) groups excluding carboxylic acids is 1. The molecule has 2 nitrogen and oxygen atoms in total. The van der Waals surface area contributed by atoms with Crippen LogP contribution in [0.25, 0.3) is 0 Å². The summed E-state index contributed by atoms with van der Waals surface area (Å²) in [5.41, 5.74) is 0.359. The van der Waals surface area contributed by atoms with Gasteiger partial charge in [0.15, 0.2) is 0 Å². The van der Waals surface area contributed by atoms with E-state index in [4.69, 9.17) is 4.74 Å². The number of hydrogen-bond donors (Lipinski definition) is 0. The highest BCUT2D eigenvalue weighted by Crippen LogP contribution is 2.55. The summed E-state index contributed by atoms with van der Waals surface area (Å²) in [5.74, 6) is 0.909. The van der Waals surface area contributed by atoms with Gasteiger partial charge in [-0.15, -0.1) is 0 Å². The van der Waals surface area contributed by atoms with Crippen LogP contribution in [0, 0.1) is 11.3 Å². The first kappa shape index (κ1) is 8.09. The lowest BCUT2D eigenvalue weighted by Gasteiger charge is -2.24. The van der Waals surface area contributed by atoms with Gasteiger partial charge < -0.3 is 4.74 Å². The predicted octanol–water partition coefficient (Wildman–Crippen LogP) is 2.13. The van der Waals surface area contributed by atoms with Crippen LogP contribution in [0.1, 0.15) is 38.5 Å². The van der Waals surface area contributed by atoms with Crippen molar-refractivity contribution in [1.29, 1.82) is 0 Å². The fraction of sp³-hybridized carbons (Fsp3) is 0.900. The summed E-state index contributed by atoms with van der Waals surface area (Å²) < 4.78 is 4.72. The van der Waals surface area contributed by atoms with E-state index < -0.39 is 0 Å². The van der Waals surface area contributed by atoms with Crippen LogP contribution in [0.2, 0.25) is 0 Å². The zero-order valence-electron chi connectivity index (χ0n) is 7.64. The zero-order chi connectivity index (χ0) is 8.60. The van der Waals surface area contributed by atoms with E-state index in [2.05, 4.69) is 0 Å². The Balaban J connectivity index is 1.98. The van der Waals surface area contributed by atoms with Crippen molar-refractivity contribution in [2.45, 2.75) is 38.5 Å². The van der Waals surface area contributed by atoms with Gasteiger partial charge in [0.2, 0.25) is 0 Å². The van der Waals surface area contributed by atoms with Gasteiger partial charge in [0.05, 0.1) is 13.5 Å². The second-order valence-corrected chi connectivity index (χ2v) is 4.40. The van der Waals surface area contributed by atoms with Gasteiger partial charge in [-0.05, 0) is 43.4 Å². The Bertz CT molecular complexity index is 190. The molecule has 2 fully saturated rings. The van der Waals surface area contributed by atoms with Gasteiger partial charge >= 0.3 is 5.97 Å². The molecule has 2 aliphatic rings. The van der Waals surface area contributed by atoms with Crippen LogP contribution < -0.4 is 0 Å². The molecule has 0 aromatic rings. The highest BCUT2D eigenvalue weighted by molar-refractivity contribution is 5.70. The van der Waals surface area contributed by atoms with Crippen LogP contribution in [0.5, 0.6) is 0 Å². The molecule has 2 heteroatoms. The van der Waals surface area contributed by atoms with Gasteiger partial charge in [0.1, 0.15) is 0 Å². The van der Waals surface area contributed by atoms with Crippen LogP contribution in [0.4, 0.5) is 0 Å². The molecule has 12 heavy (non-hydrogen) atoms. The maximum absolute atomic E-state index is 11.1. The van der Waals surface area contributed by atoms with E-state index in [0.29, 0.717) is 11.8 Å². The van der Waals surface area contributed by atoms with Crippen molar-refractivity contribution in [3.8, 4) is 0 Å². The zero-order valence-corrected chi connectivity index (χ0v) is 7.64. The van der Waals surface area contributed by atoms with E-state index in [1.54, 1.807) is 0 Å². The smallest absolute Gasteiger partial charge is 0.306 e. The minimum Gasteiger partial charge on any atom is -0.469 e. The molecule has 0 N–H and O–H groups in total. The summed E-state index contributed by atoms with van der Waals surface area (Å²) in [4.78, 5) is 11.1. The molecule has 68 valence electrons. The fourth-order valence-electron chi connectivity index (χ4n) is 2.94. The van der Waals surface area contributed by atoms with E-state index in [-0.39, 0.29) is 5.97 Å². The van der Waals surface area contributed by atoms with Crippen LogP contribution in [0.15, 0.2) is 0 Å². The van der Waals surface area contributed by atoms with E-state index >= 15 is 0 Å². The first-order valence-corrected chi connectivity index (χ1v) is 4.81. The molecule has 2 aliphatic carbocycles. The fourth-order valence-corrected chi connectivity index (χ4v) is 2.94. The lowest BCUT2D eigenvalue weighted by atomic mass is 9.81. The Morgan fingerprint density at radius 2 is 2.17 bits per heavy atom. The molecule has 0 amide bonds.